The van der Waals surface area contributed by atoms with Crippen molar-refractivity contribution in [2.24, 2.45) is 17.8 Å². The molecule has 6 nitrogen and oxygen atoms in total. The van der Waals surface area contributed by atoms with Gasteiger partial charge in [-0.05, 0) is 37.0 Å². The van der Waals surface area contributed by atoms with E-state index in [1.807, 2.05) is 0 Å². The largest absolute Gasteiger partial charge is 0.462 e. The molecule has 0 heterocycles. The first-order valence-electron chi connectivity index (χ1n) is 26.7. The lowest BCUT2D eigenvalue weighted by Gasteiger charge is -2.18. The smallest absolute Gasteiger partial charge is 0.306 e. The van der Waals surface area contributed by atoms with Crippen LogP contribution in [-0.2, 0) is 28.6 Å². The fourth-order valence-corrected chi connectivity index (χ4v) is 8.05. The molecule has 60 heavy (non-hydrogen) atoms. The van der Waals surface area contributed by atoms with Gasteiger partial charge in [-0.25, -0.2) is 0 Å². The molecule has 2 unspecified atom stereocenters. The van der Waals surface area contributed by atoms with Gasteiger partial charge in [-0.3, -0.25) is 14.4 Å². The monoisotopic (exact) mass is 849 g/mol. The Morgan fingerprint density at radius 3 is 0.867 bits per heavy atom. The van der Waals surface area contributed by atoms with Crippen molar-refractivity contribution < 1.29 is 28.6 Å². The summed E-state index contributed by atoms with van der Waals surface area (Å²) < 4.78 is 16.8. The Kier molecular flexibility index (Phi) is 44.2. The third kappa shape index (κ3) is 44.5. The maximum absolute atomic E-state index is 12.8. The molecule has 356 valence electrons. The summed E-state index contributed by atoms with van der Waals surface area (Å²) >= 11 is 0. The molecule has 0 aliphatic carbocycles. The van der Waals surface area contributed by atoms with Gasteiger partial charge in [0.15, 0.2) is 6.10 Å². The van der Waals surface area contributed by atoms with Gasteiger partial charge in [-0.15, -0.1) is 0 Å². The van der Waals surface area contributed by atoms with Crippen molar-refractivity contribution in [1.29, 1.82) is 0 Å². The van der Waals surface area contributed by atoms with E-state index >= 15 is 0 Å². The number of hydrogen-bond acceptors (Lipinski definition) is 6. The molecule has 0 aromatic heterocycles. The van der Waals surface area contributed by atoms with Gasteiger partial charge >= 0.3 is 17.9 Å². The highest BCUT2D eigenvalue weighted by atomic mass is 16.6. The third-order valence-electron chi connectivity index (χ3n) is 12.9. The van der Waals surface area contributed by atoms with Gasteiger partial charge in [0.2, 0.25) is 0 Å². The van der Waals surface area contributed by atoms with Gasteiger partial charge in [0.1, 0.15) is 13.2 Å². The average Bonchev–Trinajstić information content (AvgIpc) is 3.23. The first-order chi connectivity index (χ1) is 29.2. The summed E-state index contributed by atoms with van der Waals surface area (Å²) in [7, 11) is 0. The van der Waals surface area contributed by atoms with Crippen LogP contribution >= 0.6 is 0 Å². The lowest BCUT2D eigenvalue weighted by molar-refractivity contribution is -0.167. The van der Waals surface area contributed by atoms with Crippen LogP contribution in [0.3, 0.4) is 0 Å². The molecule has 0 rings (SSSR count). The molecule has 0 fully saturated rings. The van der Waals surface area contributed by atoms with Gasteiger partial charge in [0.05, 0.1) is 0 Å². The second kappa shape index (κ2) is 45.4. The zero-order chi connectivity index (χ0) is 44.2. The van der Waals surface area contributed by atoms with Crippen molar-refractivity contribution in [2.75, 3.05) is 13.2 Å². The summed E-state index contributed by atoms with van der Waals surface area (Å²) in [6, 6.07) is 0. The lowest BCUT2D eigenvalue weighted by atomic mass is 9.99. The topological polar surface area (TPSA) is 78.9 Å². The van der Waals surface area contributed by atoms with E-state index in [9.17, 15) is 14.4 Å². The molecular weight excluding hydrogens is 745 g/mol. The summed E-state index contributed by atoms with van der Waals surface area (Å²) in [5.74, 6) is 1.68. The van der Waals surface area contributed by atoms with Gasteiger partial charge < -0.3 is 14.2 Å². The Bertz CT molecular complexity index is 933. The van der Waals surface area contributed by atoms with Gasteiger partial charge in [-0.2, -0.15) is 0 Å². The standard InChI is InChI=1S/C54H104O6/c1-7-49(5)41-35-29-23-19-15-11-9-10-12-16-20-24-31-37-43-52(55)58-46-51(47-59-53(56)44-38-32-27-26-30-36-42-50(6)8-2)60-54(57)45-39-33-25-21-17-13-14-18-22-28-34-40-48(3)4/h48-51H,7-47H2,1-6H3/t49?,50?,51-/m0/s1. The number of rotatable bonds is 47. The van der Waals surface area contributed by atoms with E-state index in [-0.39, 0.29) is 31.1 Å². The highest BCUT2D eigenvalue weighted by Gasteiger charge is 2.19. The summed E-state index contributed by atoms with van der Waals surface area (Å²) in [6.45, 7) is 13.7. The molecule has 0 amide bonds. The van der Waals surface area contributed by atoms with Crippen molar-refractivity contribution in [3.63, 3.8) is 0 Å². The Hall–Kier alpha value is -1.59. The second-order valence-electron chi connectivity index (χ2n) is 19.5. The number of carbonyl (C=O) groups is 3. The maximum atomic E-state index is 12.8. The number of esters is 3. The summed E-state index contributed by atoms with van der Waals surface area (Å²) in [5.41, 5.74) is 0. The quantitative estimate of drug-likeness (QED) is 0.0345. The molecule has 0 aliphatic heterocycles. The van der Waals surface area contributed by atoms with Gasteiger partial charge in [-0.1, -0.05) is 253 Å². The lowest BCUT2D eigenvalue weighted by Crippen LogP contribution is -2.30. The fourth-order valence-electron chi connectivity index (χ4n) is 8.05. The molecule has 0 aromatic carbocycles. The van der Waals surface area contributed by atoms with Gasteiger partial charge in [0, 0.05) is 19.3 Å². The molecule has 0 N–H and O–H groups in total. The maximum Gasteiger partial charge on any atom is 0.306 e. The second-order valence-corrected chi connectivity index (χ2v) is 19.5. The zero-order valence-electron chi connectivity index (χ0n) is 41.3. The summed E-state index contributed by atoms with van der Waals surface area (Å²) in [4.78, 5) is 38.0. The predicted octanol–water partition coefficient (Wildman–Crippen LogP) is 17.2. The Morgan fingerprint density at radius 2 is 0.583 bits per heavy atom. The minimum absolute atomic E-state index is 0.0650. The van der Waals surface area contributed by atoms with Crippen LogP contribution in [0.1, 0.15) is 292 Å². The van der Waals surface area contributed by atoms with Crippen LogP contribution in [-0.4, -0.2) is 37.2 Å². The predicted molar refractivity (Wildman–Crippen MR) is 256 cm³/mol. The number of unbranched alkanes of at least 4 members (excludes halogenated alkanes) is 28. The van der Waals surface area contributed by atoms with E-state index in [2.05, 4.69) is 41.5 Å². The van der Waals surface area contributed by atoms with Crippen LogP contribution in [0.25, 0.3) is 0 Å². The normalized spacial score (nSPS) is 13.1. The minimum Gasteiger partial charge on any atom is -0.462 e. The van der Waals surface area contributed by atoms with Crippen LogP contribution in [0.4, 0.5) is 0 Å². The third-order valence-corrected chi connectivity index (χ3v) is 12.9. The SMILES string of the molecule is CCC(C)CCCCCCCCCCCCCCCCC(=O)OC[C@@H](COC(=O)CCCCCCCCC(C)CC)OC(=O)CCCCCCCCCCCCCC(C)C. The molecule has 0 aliphatic rings. The van der Waals surface area contributed by atoms with Crippen molar-refractivity contribution >= 4 is 17.9 Å². The zero-order valence-corrected chi connectivity index (χ0v) is 41.3. The van der Waals surface area contributed by atoms with E-state index in [1.165, 1.54) is 173 Å². The van der Waals surface area contributed by atoms with Crippen molar-refractivity contribution in [2.45, 2.75) is 298 Å². The van der Waals surface area contributed by atoms with E-state index in [1.54, 1.807) is 0 Å². The highest BCUT2D eigenvalue weighted by Crippen LogP contribution is 2.18. The van der Waals surface area contributed by atoms with Crippen LogP contribution < -0.4 is 0 Å². The molecular formula is C54H104O6. The first kappa shape index (κ1) is 58.4. The number of hydrogen-bond donors (Lipinski definition) is 0. The number of carbonyl (C=O) groups excluding carboxylic acids is 3. The molecule has 0 radical (unpaired) electrons. The van der Waals surface area contributed by atoms with E-state index in [0.717, 1.165) is 75.5 Å². The molecule has 0 bridgehead atoms. The molecule has 0 aromatic rings. The molecule has 3 atom stereocenters. The Balaban J connectivity index is 4.28. The van der Waals surface area contributed by atoms with Crippen LogP contribution in [0.5, 0.6) is 0 Å². The van der Waals surface area contributed by atoms with Crippen molar-refractivity contribution in [1.82, 2.24) is 0 Å². The molecule has 0 saturated carbocycles. The average molecular weight is 849 g/mol. The van der Waals surface area contributed by atoms with Crippen LogP contribution in [0, 0.1) is 17.8 Å². The first-order valence-corrected chi connectivity index (χ1v) is 26.7. The highest BCUT2D eigenvalue weighted by molar-refractivity contribution is 5.71. The van der Waals surface area contributed by atoms with Crippen molar-refractivity contribution in [3.8, 4) is 0 Å². The van der Waals surface area contributed by atoms with Crippen LogP contribution in [0.15, 0.2) is 0 Å². The Morgan fingerprint density at radius 1 is 0.333 bits per heavy atom. The van der Waals surface area contributed by atoms with E-state index < -0.39 is 6.10 Å². The molecule has 0 saturated heterocycles. The van der Waals surface area contributed by atoms with Crippen LogP contribution in [0.2, 0.25) is 0 Å². The molecule has 6 heteroatoms. The minimum atomic E-state index is -0.763. The Labute approximate surface area is 374 Å². The number of ether oxygens (including phenoxy) is 3. The van der Waals surface area contributed by atoms with E-state index in [0.29, 0.717) is 19.3 Å². The summed E-state index contributed by atoms with van der Waals surface area (Å²) in [5, 5.41) is 0. The van der Waals surface area contributed by atoms with Crippen molar-refractivity contribution in [3.05, 3.63) is 0 Å². The molecule has 0 spiro atoms. The van der Waals surface area contributed by atoms with Gasteiger partial charge in [0.25, 0.3) is 0 Å². The van der Waals surface area contributed by atoms with E-state index in [4.69, 9.17) is 14.2 Å². The summed E-state index contributed by atoms with van der Waals surface area (Å²) in [6.07, 6.45) is 45.1. The fraction of sp³-hybridized carbons (Fsp3) is 0.944.